The van der Waals surface area contributed by atoms with Crippen molar-refractivity contribution < 1.29 is 14.3 Å². The average molecular weight is 350 g/mol. The van der Waals surface area contributed by atoms with Gasteiger partial charge in [-0.2, -0.15) is 0 Å². The van der Waals surface area contributed by atoms with Crippen molar-refractivity contribution in [2.45, 2.75) is 23.7 Å². The van der Waals surface area contributed by atoms with Gasteiger partial charge in [0, 0.05) is 15.7 Å². The Morgan fingerprint density at radius 3 is 2.57 bits per heavy atom. The second kappa shape index (κ2) is 8.04. The number of ether oxygens (including phenoxy) is 1. The summed E-state index contributed by atoms with van der Waals surface area (Å²) in [6.45, 7) is 1.44. The number of hydrogen-bond acceptors (Lipinski definition) is 4. The minimum Gasteiger partial charge on any atom is -0.449 e. The Hall–Kier alpha value is -1.98. The summed E-state index contributed by atoms with van der Waals surface area (Å²) in [5.74, 6) is -0.531. The van der Waals surface area contributed by atoms with Gasteiger partial charge in [-0.3, -0.25) is 4.79 Å². The highest BCUT2D eigenvalue weighted by molar-refractivity contribution is 7.98. The van der Waals surface area contributed by atoms with Gasteiger partial charge < -0.3 is 10.5 Å². The highest BCUT2D eigenvalue weighted by Crippen LogP contribution is 2.24. The fraction of sp³-hybridized carbons (Fsp3) is 0.176. The van der Waals surface area contributed by atoms with Crippen molar-refractivity contribution in [3.8, 4) is 0 Å². The SMILES string of the molecule is C[C@@H](OC(=O)c1cccc(CSc2ccc(Cl)cc2)c1)C(N)=O. The van der Waals surface area contributed by atoms with Crippen LogP contribution in [0.2, 0.25) is 5.02 Å². The summed E-state index contributed by atoms with van der Waals surface area (Å²) < 4.78 is 4.99. The van der Waals surface area contributed by atoms with E-state index in [4.69, 9.17) is 22.1 Å². The van der Waals surface area contributed by atoms with E-state index in [2.05, 4.69) is 0 Å². The van der Waals surface area contributed by atoms with Crippen LogP contribution >= 0.6 is 23.4 Å². The van der Waals surface area contributed by atoms with Crippen LogP contribution in [0.15, 0.2) is 53.4 Å². The van der Waals surface area contributed by atoms with Gasteiger partial charge in [-0.25, -0.2) is 4.79 Å². The number of hydrogen-bond donors (Lipinski definition) is 1. The van der Waals surface area contributed by atoms with Gasteiger partial charge in [-0.1, -0.05) is 23.7 Å². The predicted octanol–water partition coefficient (Wildman–Crippen LogP) is 3.66. The maximum Gasteiger partial charge on any atom is 0.338 e. The molecule has 0 aliphatic heterocycles. The molecule has 120 valence electrons. The fourth-order valence-electron chi connectivity index (χ4n) is 1.77. The first-order valence-corrected chi connectivity index (χ1v) is 8.29. The Kier molecular flexibility index (Phi) is 6.07. The standard InChI is InChI=1S/C17H16ClNO3S/c1-11(16(19)20)22-17(21)13-4-2-3-12(9-13)10-23-15-7-5-14(18)6-8-15/h2-9,11H,10H2,1H3,(H2,19,20)/t11-/m1/s1. The molecule has 1 atom stereocenters. The average Bonchev–Trinajstić information content (AvgIpc) is 2.54. The molecule has 2 rings (SSSR count). The van der Waals surface area contributed by atoms with Crippen molar-refractivity contribution in [1.82, 2.24) is 0 Å². The highest BCUT2D eigenvalue weighted by atomic mass is 35.5. The predicted molar refractivity (Wildman–Crippen MR) is 91.5 cm³/mol. The lowest BCUT2D eigenvalue weighted by Crippen LogP contribution is -2.30. The molecular weight excluding hydrogens is 334 g/mol. The lowest BCUT2D eigenvalue weighted by molar-refractivity contribution is -0.125. The molecule has 23 heavy (non-hydrogen) atoms. The summed E-state index contributed by atoms with van der Waals surface area (Å²) >= 11 is 7.49. The molecule has 0 heterocycles. The van der Waals surface area contributed by atoms with Crippen molar-refractivity contribution in [2.24, 2.45) is 5.73 Å². The maximum absolute atomic E-state index is 12.0. The molecule has 0 unspecified atom stereocenters. The summed E-state index contributed by atoms with van der Waals surface area (Å²) in [7, 11) is 0. The molecule has 0 aromatic heterocycles. The number of halogens is 1. The Morgan fingerprint density at radius 2 is 1.91 bits per heavy atom. The molecular formula is C17H16ClNO3S. The van der Waals surface area contributed by atoms with Crippen molar-refractivity contribution in [1.29, 1.82) is 0 Å². The summed E-state index contributed by atoms with van der Waals surface area (Å²) in [6.07, 6.45) is -0.949. The van der Waals surface area contributed by atoms with E-state index in [1.165, 1.54) is 6.92 Å². The Balaban J connectivity index is 2.00. The van der Waals surface area contributed by atoms with Gasteiger partial charge in [0.05, 0.1) is 5.56 Å². The van der Waals surface area contributed by atoms with Crippen LogP contribution in [0.25, 0.3) is 0 Å². The van der Waals surface area contributed by atoms with Gasteiger partial charge >= 0.3 is 5.97 Å². The number of primary amides is 1. The van der Waals surface area contributed by atoms with Crippen LogP contribution in [-0.4, -0.2) is 18.0 Å². The first-order chi connectivity index (χ1) is 11.0. The maximum atomic E-state index is 12.0. The number of esters is 1. The van der Waals surface area contributed by atoms with Crippen LogP contribution in [0.3, 0.4) is 0 Å². The second-order valence-corrected chi connectivity index (χ2v) is 6.38. The number of carbonyl (C=O) groups excluding carboxylic acids is 2. The van der Waals surface area contributed by atoms with Crippen molar-refractivity contribution in [2.75, 3.05) is 0 Å². The van der Waals surface area contributed by atoms with Gasteiger partial charge in [0.2, 0.25) is 0 Å². The Morgan fingerprint density at radius 1 is 1.22 bits per heavy atom. The van der Waals surface area contributed by atoms with Crippen LogP contribution in [-0.2, 0) is 15.3 Å². The number of rotatable bonds is 6. The summed E-state index contributed by atoms with van der Waals surface area (Å²) in [5, 5.41) is 0.697. The quantitative estimate of drug-likeness (QED) is 0.638. The molecule has 0 bridgehead atoms. The van der Waals surface area contributed by atoms with E-state index in [9.17, 15) is 9.59 Å². The van der Waals surface area contributed by atoms with Crippen LogP contribution < -0.4 is 5.73 Å². The summed E-state index contributed by atoms with van der Waals surface area (Å²) in [5.41, 5.74) is 6.46. The minimum absolute atomic E-state index is 0.396. The Bertz CT molecular complexity index is 703. The molecule has 0 aliphatic carbocycles. The molecule has 6 heteroatoms. The van der Waals surface area contributed by atoms with Gasteiger partial charge in [-0.15, -0.1) is 11.8 Å². The monoisotopic (exact) mass is 349 g/mol. The smallest absolute Gasteiger partial charge is 0.338 e. The summed E-state index contributed by atoms with van der Waals surface area (Å²) in [4.78, 5) is 24.0. The lowest BCUT2D eigenvalue weighted by atomic mass is 10.1. The number of amides is 1. The van der Waals surface area contributed by atoms with Gasteiger partial charge in [0.15, 0.2) is 6.10 Å². The zero-order valence-corrected chi connectivity index (χ0v) is 14.1. The molecule has 0 saturated carbocycles. The number of benzene rings is 2. The van der Waals surface area contributed by atoms with Crippen molar-refractivity contribution in [3.63, 3.8) is 0 Å². The van der Waals surface area contributed by atoms with Crippen LogP contribution in [0.5, 0.6) is 0 Å². The normalized spacial score (nSPS) is 11.7. The molecule has 4 nitrogen and oxygen atoms in total. The van der Waals surface area contributed by atoms with E-state index < -0.39 is 18.0 Å². The molecule has 1 amide bonds. The zero-order valence-electron chi connectivity index (χ0n) is 12.5. The van der Waals surface area contributed by atoms with Gasteiger partial charge in [0.1, 0.15) is 0 Å². The second-order valence-electron chi connectivity index (χ2n) is 4.89. The fourth-order valence-corrected chi connectivity index (χ4v) is 2.74. The number of carbonyl (C=O) groups is 2. The Labute approximate surface area is 144 Å². The lowest BCUT2D eigenvalue weighted by Gasteiger charge is -2.10. The topological polar surface area (TPSA) is 69.4 Å². The van der Waals surface area contributed by atoms with Gasteiger partial charge in [0.25, 0.3) is 5.91 Å². The number of nitrogens with two attached hydrogens (primary N) is 1. The van der Waals surface area contributed by atoms with Gasteiger partial charge in [-0.05, 0) is 48.9 Å². The van der Waals surface area contributed by atoms with Crippen LogP contribution in [0, 0.1) is 0 Å². The first kappa shape index (κ1) is 17.4. The highest BCUT2D eigenvalue weighted by Gasteiger charge is 2.16. The van der Waals surface area contributed by atoms with E-state index in [-0.39, 0.29) is 0 Å². The molecule has 2 aromatic rings. The van der Waals surface area contributed by atoms with E-state index in [0.29, 0.717) is 16.3 Å². The third-order valence-electron chi connectivity index (χ3n) is 3.07. The van der Waals surface area contributed by atoms with E-state index in [1.807, 2.05) is 30.3 Å². The van der Waals surface area contributed by atoms with E-state index in [1.54, 1.807) is 30.0 Å². The molecule has 0 fully saturated rings. The molecule has 0 radical (unpaired) electrons. The number of thioether (sulfide) groups is 1. The molecule has 2 N–H and O–H groups in total. The summed E-state index contributed by atoms with van der Waals surface area (Å²) in [6, 6.07) is 14.7. The van der Waals surface area contributed by atoms with E-state index >= 15 is 0 Å². The van der Waals surface area contributed by atoms with Crippen LogP contribution in [0.4, 0.5) is 0 Å². The molecule has 2 aromatic carbocycles. The molecule has 0 aliphatic rings. The van der Waals surface area contributed by atoms with E-state index in [0.717, 1.165) is 10.5 Å². The van der Waals surface area contributed by atoms with Crippen LogP contribution in [0.1, 0.15) is 22.8 Å². The largest absolute Gasteiger partial charge is 0.449 e. The molecule has 0 saturated heterocycles. The van der Waals surface area contributed by atoms with Crippen molar-refractivity contribution in [3.05, 3.63) is 64.7 Å². The third kappa shape index (κ3) is 5.30. The molecule has 0 spiro atoms. The third-order valence-corrected chi connectivity index (χ3v) is 4.40. The zero-order chi connectivity index (χ0) is 16.8. The first-order valence-electron chi connectivity index (χ1n) is 6.93. The van der Waals surface area contributed by atoms with Crippen molar-refractivity contribution >= 4 is 35.2 Å². The minimum atomic E-state index is -0.949.